The zero-order valence-electron chi connectivity index (χ0n) is 8.37. The molecule has 0 unspecified atom stereocenters. The predicted molar refractivity (Wildman–Crippen MR) is 60.2 cm³/mol. The van der Waals surface area contributed by atoms with Crippen LogP contribution in [0.2, 0.25) is 0 Å². The van der Waals surface area contributed by atoms with E-state index in [0.717, 1.165) is 12.1 Å². The van der Waals surface area contributed by atoms with Crippen LogP contribution in [0.5, 0.6) is 0 Å². The highest BCUT2D eigenvalue weighted by Crippen LogP contribution is 2.31. The van der Waals surface area contributed by atoms with Crippen LogP contribution in [0.25, 0.3) is 11.3 Å². The van der Waals surface area contributed by atoms with Crippen molar-refractivity contribution in [3.05, 3.63) is 46.6 Å². The maximum absolute atomic E-state index is 12.5. The number of hydrogen-bond acceptors (Lipinski definition) is 2. The van der Waals surface area contributed by atoms with E-state index in [2.05, 4.69) is 26.1 Å². The molecule has 17 heavy (non-hydrogen) atoms. The van der Waals surface area contributed by atoms with Gasteiger partial charge in [0.15, 0.2) is 0 Å². The number of nitrogens with zero attached hydrogens (tertiary/aromatic N) is 2. The number of rotatable bonds is 1. The molecule has 1 aromatic carbocycles. The van der Waals surface area contributed by atoms with E-state index < -0.39 is 11.7 Å². The van der Waals surface area contributed by atoms with E-state index in [1.807, 2.05) is 0 Å². The van der Waals surface area contributed by atoms with Crippen molar-refractivity contribution in [3.63, 3.8) is 0 Å². The number of hydrogen-bond donors (Lipinski definition) is 0. The minimum atomic E-state index is -4.35. The first-order valence-corrected chi connectivity index (χ1v) is 5.42. The second-order valence-electron chi connectivity index (χ2n) is 3.34. The minimum absolute atomic E-state index is 0.383. The molecule has 0 aliphatic carbocycles. The maximum atomic E-state index is 12.5. The first-order valence-electron chi connectivity index (χ1n) is 4.63. The zero-order valence-corrected chi connectivity index (χ0v) is 9.96. The summed E-state index contributed by atoms with van der Waals surface area (Å²) in [6.07, 6.45) is -2.88. The lowest BCUT2D eigenvalue weighted by Crippen LogP contribution is -2.04. The molecule has 1 heterocycles. The molecule has 2 aromatic rings. The van der Waals surface area contributed by atoms with Gasteiger partial charge in [0.25, 0.3) is 0 Å². The van der Waals surface area contributed by atoms with Crippen molar-refractivity contribution >= 4 is 15.9 Å². The highest BCUT2D eigenvalue weighted by molar-refractivity contribution is 9.10. The van der Waals surface area contributed by atoms with Crippen molar-refractivity contribution in [1.29, 1.82) is 0 Å². The van der Waals surface area contributed by atoms with Crippen LogP contribution in [0.1, 0.15) is 5.56 Å². The van der Waals surface area contributed by atoms with Gasteiger partial charge in [-0.1, -0.05) is 12.1 Å². The van der Waals surface area contributed by atoms with Crippen molar-refractivity contribution in [3.8, 4) is 11.3 Å². The van der Waals surface area contributed by atoms with Gasteiger partial charge in [0, 0.05) is 10.0 Å². The Kier molecular flexibility index (Phi) is 3.15. The fraction of sp³-hybridized carbons (Fsp3) is 0.0909. The molecule has 0 saturated carbocycles. The predicted octanol–water partition coefficient (Wildman–Crippen LogP) is 3.92. The Morgan fingerprint density at radius 1 is 1.12 bits per heavy atom. The highest BCUT2D eigenvalue weighted by Gasteiger charge is 2.30. The van der Waals surface area contributed by atoms with Gasteiger partial charge in [-0.15, -0.1) is 0 Å². The van der Waals surface area contributed by atoms with Gasteiger partial charge in [0.2, 0.25) is 0 Å². The number of halogens is 4. The quantitative estimate of drug-likeness (QED) is 0.798. The maximum Gasteiger partial charge on any atom is 0.416 e. The lowest BCUT2D eigenvalue weighted by Gasteiger charge is -2.08. The van der Waals surface area contributed by atoms with Gasteiger partial charge in [-0.05, 0) is 34.1 Å². The van der Waals surface area contributed by atoms with Crippen LogP contribution in [0.3, 0.4) is 0 Å². The van der Waals surface area contributed by atoms with Crippen molar-refractivity contribution in [1.82, 2.24) is 10.2 Å². The molecule has 6 heteroatoms. The molecule has 0 radical (unpaired) electrons. The van der Waals surface area contributed by atoms with Crippen LogP contribution < -0.4 is 0 Å². The van der Waals surface area contributed by atoms with Gasteiger partial charge in [-0.25, -0.2) is 0 Å². The summed E-state index contributed by atoms with van der Waals surface area (Å²) < 4.78 is 38.2. The summed E-state index contributed by atoms with van der Waals surface area (Å²) in [7, 11) is 0. The monoisotopic (exact) mass is 302 g/mol. The molecule has 1 aromatic heterocycles. The van der Waals surface area contributed by atoms with Crippen LogP contribution in [-0.4, -0.2) is 10.2 Å². The summed E-state index contributed by atoms with van der Waals surface area (Å²) in [6.45, 7) is 0. The molecule has 0 aliphatic heterocycles. The molecule has 0 bridgehead atoms. The summed E-state index contributed by atoms with van der Waals surface area (Å²) in [4.78, 5) is 0. The number of alkyl halides is 3. The van der Waals surface area contributed by atoms with Gasteiger partial charge < -0.3 is 0 Å². The average molecular weight is 303 g/mol. The van der Waals surface area contributed by atoms with Crippen LogP contribution in [-0.2, 0) is 6.18 Å². The summed E-state index contributed by atoms with van der Waals surface area (Å²) in [6, 6.07) is 6.60. The topological polar surface area (TPSA) is 25.8 Å². The third kappa shape index (κ3) is 2.82. The molecule has 0 spiro atoms. The summed E-state index contributed by atoms with van der Waals surface area (Å²) in [5.41, 5.74) is 0.0795. The third-order valence-corrected chi connectivity index (χ3v) is 2.54. The lowest BCUT2D eigenvalue weighted by molar-refractivity contribution is -0.137. The molecule has 0 atom stereocenters. The molecule has 2 rings (SSSR count). The van der Waals surface area contributed by atoms with Gasteiger partial charge in [-0.3, -0.25) is 0 Å². The third-order valence-electron chi connectivity index (χ3n) is 2.11. The summed E-state index contributed by atoms with van der Waals surface area (Å²) >= 11 is 3.19. The van der Waals surface area contributed by atoms with Crippen LogP contribution in [0, 0.1) is 0 Å². The van der Waals surface area contributed by atoms with Gasteiger partial charge >= 0.3 is 6.18 Å². The Balaban J connectivity index is 2.47. The molecule has 0 N–H and O–H groups in total. The lowest BCUT2D eigenvalue weighted by atomic mass is 10.1. The van der Waals surface area contributed by atoms with Crippen LogP contribution in [0.4, 0.5) is 13.2 Å². The molecule has 0 saturated heterocycles. The molecule has 0 amide bonds. The summed E-state index contributed by atoms with van der Waals surface area (Å²) in [5.74, 6) is 0. The molecular formula is C11H6BrF3N2. The Labute approximate surface area is 104 Å². The van der Waals surface area contributed by atoms with Crippen molar-refractivity contribution < 1.29 is 13.2 Å². The smallest absolute Gasteiger partial charge is 0.166 e. The first-order chi connectivity index (χ1) is 7.97. The van der Waals surface area contributed by atoms with E-state index in [1.54, 1.807) is 12.1 Å². The Morgan fingerprint density at radius 3 is 2.53 bits per heavy atom. The van der Waals surface area contributed by atoms with Crippen LogP contribution >= 0.6 is 15.9 Å². The Morgan fingerprint density at radius 2 is 1.88 bits per heavy atom. The summed E-state index contributed by atoms with van der Waals surface area (Å²) in [5, 5.41) is 7.46. The molecule has 2 nitrogen and oxygen atoms in total. The van der Waals surface area contributed by atoms with E-state index in [-0.39, 0.29) is 0 Å². The zero-order chi connectivity index (χ0) is 12.5. The first kappa shape index (κ1) is 12.0. The van der Waals surface area contributed by atoms with Gasteiger partial charge in [-0.2, -0.15) is 23.4 Å². The Bertz CT molecular complexity index is 540. The van der Waals surface area contributed by atoms with Crippen molar-refractivity contribution in [2.75, 3.05) is 0 Å². The minimum Gasteiger partial charge on any atom is -0.166 e. The van der Waals surface area contributed by atoms with E-state index >= 15 is 0 Å². The highest BCUT2D eigenvalue weighted by atomic mass is 79.9. The van der Waals surface area contributed by atoms with Gasteiger partial charge in [0.05, 0.1) is 17.5 Å². The van der Waals surface area contributed by atoms with Crippen molar-refractivity contribution in [2.45, 2.75) is 6.18 Å². The normalized spacial score (nSPS) is 11.5. The van der Waals surface area contributed by atoms with Gasteiger partial charge in [0.1, 0.15) is 0 Å². The number of benzene rings is 1. The second-order valence-corrected chi connectivity index (χ2v) is 4.25. The van der Waals surface area contributed by atoms with Crippen molar-refractivity contribution in [2.24, 2.45) is 0 Å². The fourth-order valence-corrected chi connectivity index (χ4v) is 1.65. The van der Waals surface area contributed by atoms with Crippen LogP contribution in [0.15, 0.2) is 41.0 Å². The standard InChI is InChI=1S/C11H6BrF3N2/c12-9-5-10(17-16-6-9)7-2-1-3-8(4-7)11(13,14)15/h1-6H. The van der Waals surface area contributed by atoms with E-state index in [9.17, 15) is 13.2 Å². The van der Waals surface area contributed by atoms with E-state index in [1.165, 1.54) is 12.3 Å². The average Bonchev–Trinajstić information content (AvgIpc) is 2.28. The largest absolute Gasteiger partial charge is 0.416 e. The van der Waals surface area contributed by atoms with E-state index in [0.29, 0.717) is 15.7 Å². The van der Waals surface area contributed by atoms with E-state index in [4.69, 9.17) is 0 Å². The Hall–Kier alpha value is -1.43. The molecule has 0 aliphatic rings. The fourth-order valence-electron chi connectivity index (χ4n) is 1.34. The molecule has 0 fully saturated rings. The second kappa shape index (κ2) is 4.44. The molecule has 88 valence electrons. The number of aromatic nitrogens is 2. The SMILES string of the molecule is FC(F)(F)c1cccc(-c2cc(Br)cnn2)c1. The molecular weight excluding hydrogens is 297 g/mol.